The van der Waals surface area contributed by atoms with Crippen LogP contribution in [0.2, 0.25) is 0 Å². The molecule has 2 heterocycles. The second kappa shape index (κ2) is 9.08. The van der Waals surface area contributed by atoms with Gasteiger partial charge in [0.05, 0.1) is 28.6 Å². The monoisotopic (exact) mass is 481 g/mol. The highest BCUT2D eigenvalue weighted by molar-refractivity contribution is 7.89. The van der Waals surface area contributed by atoms with Crippen molar-refractivity contribution >= 4 is 33.2 Å². The fraction of sp³-hybridized carbons (Fsp3) is 0.280. The van der Waals surface area contributed by atoms with Crippen molar-refractivity contribution in [3.8, 4) is 11.1 Å². The van der Waals surface area contributed by atoms with E-state index in [1.54, 1.807) is 60.0 Å². The number of hydrogen-bond acceptors (Lipinski definition) is 5. The average Bonchev–Trinajstić information content (AvgIpc) is 3.32. The van der Waals surface area contributed by atoms with Gasteiger partial charge < -0.3 is 14.2 Å². The number of amides is 2. The van der Waals surface area contributed by atoms with Gasteiger partial charge in [-0.25, -0.2) is 13.1 Å². The molecule has 0 unspecified atom stereocenters. The zero-order chi connectivity index (χ0) is 24.6. The Kier molecular flexibility index (Phi) is 6.33. The van der Waals surface area contributed by atoms with Gasteiger partial charge in [-0.15, -0.1) is 0 Å². The number of benzene rings is 2. The molecule has 0 aliphatic carbocycles. The van der Waals surface area contributed by atoms with E-state index in [4.69, 9.17) is 4.42 Å². The van der Waals surface area contributed by atoms with Crippen molar-refractivity contribution in [2.24, 2.45) is 0 Å². The molecule has 0 radical (unpaired) electrons. The molecule has 9 heteroatoms. The minimum Gasteiger partial charge on any atom is -0.459 e. The second-order valence-corrected chi connectivity index (χ2v) is 10.3. The second-order valence-electron chi connectivity index (χ2n) is 8.63. The number of hydrogen-bond donors (Lipinski definition) is 1. The largest absolute Gasteiger partial charge is 0.459 e. The molecule has 0 fully saturated rings. The molecule has 1 aromatic heterocycles. The predicted molar refractivity (Wildman–Crippen MR) is 130 cm³/mol. The molecule has 1 N–H and O–H groups in total. The molecule has 178 valence electrons. The summed E-state index contributed by atoms with van der Waals surface area (Å²) < 4.78 is 32.8. The summed E-state index contributed by atoms with van der Waals surface area (Å²) in [5.41, 5.74) is 2.79. The van der Waals surface area contributed by atoms with Gasteiger partial charge in [0, 0.05) is 19.5 Å². The Bertz CT molecular complexity index is 1320. The summed E-state index contributed by atoms with van der Waals surface area (Å²) in [7, 11) is -3.60. The summed E-state index contributed by atoms with van der Waals surface area (Å²) >= 11 is 0. The number of rotatable bonds is 5. The van der Waals surface area contributed by atoms with Gasteiger partial charge in [0.1, 0.15) is 0 Å². The van der Waals surface area contributed by atoms with E-state index in [0.717, 1.165) is 11.1 Å². The normalized spacial score (nSPS) is 16.0. The lowest BCUT2D eigenvalue weighted by atomic mass is 10.0. The molecule has 0 saturated heterocycles. The molecule has 3 aromatic rings. The summed E-state index contributed by atoms with van der Waals surface area (Å²) in [6.45, 7) is 7.24. The third kappa shape index (κ3) is 4.49. The van der Waals surface area contributed by atoms with E-state index in [9.17, 15) is 18.0 Å². The van der Waals surface area contributed by atoms with Gasteiger partial charge in [-0.2, -0.15) is 0 Å². The van der Waals surface area contributed by atoms with Gasteiger partial charge in [0.2, 0.25) is 15.9 Å². The quantitative estimate of drug-likeness (QED) is 0.593. The number of nitrogens with zero attached hydrogens (tertiary/aromatic N) is 2. The third-order valence-corrected chi connectivity index (χ3v) is 7.29. The minimum atomic E-state index is -3.60. The maximum atomic E-state index is 13.2. The summed E-state index contributed by atoms with van der Waals surface area (Å²) in [5.74, 6) is -0.189. The standard InChI is InChI=1S/C25H27N3O5S/c1-16(2)26-34(31,32)21-10-7-19(8-11-21)20-9-12-22-23(14-20)27(15-17(3)28(22)18(4)29)25(30)24-6-5-13-33-24/h5-14,16-17,26H,15H2,1-4H3/t17-/m0/s1. The Balaban J connectivity index is 1.75. The molecule has 8 nitrogen and oxygen atoms in total. The van der Waals surface area contributed by atoms with E-state index in [-0.39, 0.29) is 34.6 Å². The number of carbonyl (C=O) groups is 2. The minimum absolute atomic E-state index is 0.112. The molecular formula is C25H27N3O5S. The Morgan fingerprint density at radius 3 is 2.29 bits per heavy atom. The molecule has 1 aliphatic heterocycles. The number of sulfonamides is 1. The highest BCUT2D eigenvalue weighted by Gasteiger charge is 2.35. The van der Waals surface area contributed by atoms with Gasteiger partial charge in [-0.1, -0.05) is 18.2 Å². The lowest BCUT2D eigenvalue weighted by Crippen LogP contribution is -2.51. The number of furan rings is 1. The van der Waals surface area contributed by atoms with Gasteiger partial charge in [0.15, 0.2) is 5.76 Å². The first-order valence-electron chi connectivity index (χ1n) is 11.0. The van der Waals surface area contributed by atoms with Crippen LogP contribution in [0.25, 0.3) is 11.1 Å². The first-order valence-corrected chi connectivity index (χ1v) is 12.5. The van der Waals surface area contributed by atoms with E-state index >= 15 is 0 Å². The molecular weight excluding hydrogens is 454 g/mol. The van der Waals surface area contributed by atoms with Crippen LogP contribution in [0.4, 0.5) is 11.4 Å². The smallest absolute Gasteiger partial charge is 0.294 e. The van der Waals surface area contributed by atoms with E-state index in [0.29, 0.717) is 17.9 Å². The van der Waals surface area contributed by atoms with E-state index in [2.05, 4.69) is 4.72 Å². The van der Waals surface area contributed by atoms with Crippen LogP contribution in [-0.2, 0) is 14.8 Å². The van der Waals surface area contributed by atoms with E-state index in [1.165, 1.54) is 13.2 Å². The Morgan fingerprint density at radius 1 is 1.03 bits per heavy atom. The fourth-order valence-corrected chi connectivity index (χ4v) is 5.47. The van der Waals surface area contributed by atoms with Crippen LogP contribution in [0.3, 0.4) is 0 Å². The Labute approximate surface area is 199 Å². The molecule has 1 atom stereocenters. The molecule has 0 bridgehead atoms. The zero-order valence-corrected chi connectivity index (χ0v) is 20.3. The van der Waals surface area contributed by atoms with Crippen molar-refractivity contribution < 1.29 is 22.4 Å². The van der Waals surface area contributed by atoms with E-state index < -0.39 is 10.0 Å². The van der Waals surface area contributed by atoms with Crippen LogP contribution < -0.4 is 14.5 Å². The fourth-order valence-electron chi connectivity index (χ4n) is 4.21. The van der Waals surface area contributed by atoms with Crippen LogP contribution in [0.5, 0.6) is 0 Å². The highest BCUT2D eigenvalue weighted by Crippen LogP contribution is 2.39. The van der Waals surface area contributed by atoms with Crippen LogP contribution in [0.15, 0.2) is 70.2 Å². The van der Waals surface area contributed by atoms with Crippen molar-refractivity contribution in [3.05, 3.63) is 66.6 Å². The molecule has 0 saturated carbocycles. The molecule has 2 aromatic carbocycles. The van der Waals surface area contributed by atoms with Crippen molar-refractivity contribution in [2.45, 2.75) is 44.7 Å². The number of fused-ring (bicyclic) bond motifs is 1. The maximum Gasteiger partial charge on any atom is 0.294 e. The Hall–Kier alpha value is -3.43. The van der Waals surface area contributed by atoms with Crippen molar-refractivity contribution in [1.29, 1.82) is 0 Å². The SMILES string of the molecule is CC(=O)N1c2ccc(-c3ccc(S(=O)(=O)NC(C)C)cc3)cc2N(C(=O)c2ccco2)C[C@@H]1C. The lowest BCUT2D eigenvalue weighted by Gasteiger charge is -2.40. The lowest BCUT2D eigenvalue weighted by molar-refractivity contribution is -0.117. The number of anilines is 2. The summed E-state index contributed by atoms with van der Waals surface area (Å²) in [6.07, 6.45) is 1.45. The summed E-state index contributed by atoms with van der Waals surface area (Å²) in [5, 5.41) is 0. The first-order chi connectivity index (χ1) is 16.1. The average molecular weight is 482 g/mol. The van der Waals surface area contributed by atoms with Crippen LogP contribution >= 0.6 is 0 Å². The number of nitrogens with one attached hydrogen (secondary N) is 1. The topological polar surface area (TPSA) is 99.9 Å². The molecule has 1 aliphatic rings. The summed E-state index contributed by atoms with van der Waals surface area (Å²) in [6, 6.07) is 14.9. The summed E-state index contributed by atoms with van der Waals surface area (Å²) in [4.78, 5) is 29.0. The highest BCUT2D eigenvalue weighted by atomic mass is 32.2. The predicted octanol–water partition coefficient (Wildman–Crippen LogP) is 4.04. The third-order valence-electron chi connectivity index (χ3n) is 5.62. The van der Waals surface area contributed by atoms with Gasteiger partial charge >= 0.3 is 0 Å². The van der Waals surface area contributed by atoms with Crippen LogP contribution in [0.1, 0.15) is 38.2 Å². The van der Waals surface area contributed by atoms with E-state index in [1.807, 2.05) is 25.1 Å². The molecule has 0 spiro atoms. The molecule has 2 amide bonds. The van der Waals surface area contributed by atoms with Crippen molar-refractivity contribution in [2.75, 3.05) is 16.3 Å². The number of carbonyl (C=O) groups excluding carboxylic acids is 2. The van der Waals surface area contributed by atoms with Crippen LogP contribution in [-0.4, -0.2) is 38.9 Å². The Morgan fingerprint density at radius 2 is 1.71 bits per heavy atom. The van der Waals surface area contributed by atoms with Crippen molar-refractivity contribution in [3.63, 3.8) is 0 Å². The molecule has 34 heavy (non-hydrogen) atoms. The first kappa shape index (κ1) is 23.7. The molecule has 4 rings (SSSR count). The zero-order valence-electron chi connectivity index (χ0n) is 19.5. The van der Waals surface area contributed by atoms with Crippen molar-refractivity contribution in [1.82, 2.24) is 4.72 Å². The van der Waals surface area contributed by atoms with Gasteiger partial charge in [-0.05, 0) is 68.3 Å². The van der Waals surface area contributed by atoms with Crippen LogP contribution in [0, 0.1) is 0 Å². The van der Waals surface area contributed by atoms with Gasteiger partial charge in [-0.3, -0.25) is 9.59 Å². The maximum absolute atomic E-state index is 13.2. The van der Waals surface area contributed by atoms with Gasteiger partial charge in [0.25, 0.3) is 5.91 Å².